The molecular weight excluding hydrogens is 328 g/mol. The Balaban J connectivity index is 1.74. The Kier molecular flexibility index (Phi) is 4.70. The first-order chi connectivity index (χ1) is 12.7. The molecule has 138 valence electrons. The lowest BCUT2D eigenvalue weighted by atomic mass is 9.94. The van der Waals surface area contributed by atoms with Gasteiger partial charge in [0.05, 0.1) is 12.3 Å². The second-order valence-electron chi connectivity index (χ2n) is 7.48. The Labute approximate surface area is 153 Å². The normalized spacial score (nSPS) is 20.5. The topological polar surface area (TPSA) is 55.5 Å². The van der Waals surface area contributed by atoms with Crippen LogP contribution in [-0.2, 0) is 19.9 Å². The molecule has 1 fully saturated rings. The van der Waals surface area contributed by atoms with E-state index in [2.05, 4.69) is 0 Å². The van der Waals surface area contributed by atoms with Crippen molar-refractivity contribution >= 4 is 5.91 Å². The highest BCUT2D eigenvalue weighted by atomic mass is 16.3. The van der Waals surface area contributed by atoms with E-state index in [9.17, 15) is 9.59 Å². The maximum Gasteiger partial charge on any atom is 0.263 e. The summed E-state index contributed by atoms with van der Waals surface area (Å²) in [6.07, 6.45) is 9.78. The van der Waals surface area contributed by atoms with E-state index in [-0.39, 0.29) is 17.5 Å². The smallest absolute Gasteiger partial charge is 0.263 e. The van der Waals surface area contributed by atoms with Crippen molar-refractivity contribution in [2.24, 2.45) is 7.05 Å². The summed E-state index contributed by atoms with van der Waals surface area (Å²) in [5.74, 6) is 0.664. The van der Waals surface area contributed by atoms with Crippen LogP contribution in [-0.4, -0.2) is 21.9 Å². The van der Waals surface area contributed by atoms with Crippen LogP contribution in [0.15, 0.2) is 33.7 Å². The zero-order valence-electron chi connectivity index (χ0n) is 15.4. The fourth-order valence-corrected chi connectivity index (χ4v) is 4.43. The largest absolute Gasteiger partial charge is 0.467 e. The van der Waals surface area contributed by atoms with E-state index in [4.69, 9.17) is 4.42 Å². The molecule has 1 saturated heterocycles. The maximum atomic E-state index is 13.4. The van der Waals surface area contributed by atoms with Gasteiger partial charge in [0, 0.05) is 19.3 Å². The zero-order valence-corrected chi connectivity index (χ0v) is 15.4. The zero-order chi connectivity index (χ0) is 18.1. The van der Waals surface area contributed by atoms with Crippen molar-refractivity contribution in [2.45, 2.75) is 57.4 Å². The van der Waals surface area contributed by atoms with Gasteiger partial charge in [-0.25, -0.2) is 0 Å². The van der Waals surface area contributed by atoms with Crippen molar-refractivity contribution in [3.8, 4) is 0 Å². The Hall–Kier alpha value is -2.30. The summed E-state index contributed by atoms with van der Waals surface area (Å²) in [4.78, 5) is 28.1. The quantitative estimate of drug-likeness (QED) is 0.828. The Morgan fingerprint density at radius 2 is 2.00 bits per heavy atom. The third-order valence-electron chi connectivity index (χ3n) is 5.85. The summed E-state index contributed by atoms with van der Waals surface area (Å²) in [5, 5.41) is 0. The van der Waals surface area contributed by atoms with Gasteiger partial charge in [-0.05, 0) is 62.3 Å². The molecule has 1 amide bonds. The highest BCUT2D eigenvalue weighted by Crippen LogP contribution is 2.31. The standard InChI is InChI=1S/C21H26N2O3/c1-22-17-9-5-4-8-15(17)14-16(20(22)24)21(25)23-12-6-2-3-10-18(23)19-11-7-13-26-19/h7,11,13-14,18H,2-6,8-10,12H2,1H3. The van der Waals surface area contributed by atoms with Crippen LogP contribution < -0.4 is 5.56 Å². The lowest BCUT2D eigenvalue weighted by molar-refractivity contribution is 0.0655. The molecule has 0 N–H and O–H groups in total. The third-order valence-corrected chi connectivity index (χ3v) is 5.85. The van der Waals surface area contributed by atoms with Gasteiger partial charge in [0.25, 0.3) is 11.5 Å². The van der Waals surface area contributed by atoms with E-state index in [0.717, 1.165) is 68.4 Å². The number of carbonyl (C=O) groups excluding carboxylic acids is 1. The van der Waals surface area contributed by atoms with Crippen LogP contribution in [0, 0.1) is 0 Å². The van der Waals surface area contributed by atoms with Gasteiger partial charge in [0.1, 0.15) is 11.3 Å². The van der Waals surface area contributed by atoms with Crippen LogP contribution in [0.25, 0.3) is 0 Å². The number of hydrogen-bond acceptors (Lipinski definition) is 3. The van der Waals surface area contributed by atoms with E-state index >= 15 is 0 Å². The number of nitrogens with zero attached hydrogens (tertiary/aromatic N) is 2. The van der Waals surface area contributed by atoms with Gasteiger partial charge in [-0.1, -0.05) is 12.8 Å². The number of rotatable bonds is 2. The molecule has 1 aliphatic carbocycles. The molecule has 5 heteroatoms. The number of furan rings is 1. The van der Waals surface area contributed by atoms with Gasteiger partial charge < -0.3 is 13.9 Å². The molecule has 0 radical (unpaired) electrons. The lowest BCUT2D eigenvalue weighted by Crippen LogP contribution is -2.39. The number of likely N-dealkylation sites (tertiary alicyclic amines) is 1. The van der Waals surface area contributed by atoms with Gasteiger partial charge in [0.2, 0.25) is 0 Å². The van der Waals surface area contributed by atoms with Gasteiger partial charge >= 0.3 is 0 Å². The molecule has 1 atom stereocenters. The molecule has 3 heterocycles. The van der Waals surface area contributed by atoms with Crippen LogP contribution in [0.1, 0.15) is 71.9 Å². The second-order valence-corrected chi connectivity index (χ2v) is 7.48. The molecule has 4 rings (SSSR count). The highest BCUT2D eigenvalue weighted by molar-refractivity contribution is 5.94. The average molecular weight is 354 g/mol. The molecular formula is C21H26N2O3. The summed E-state index contributed by atoms with van der Waals surface area (Å²) in [7, 11) is 1.80. The number of pyridine rings is 1. The minimum Gasteiger partial charge on any atom is -0.467 e. The van der Waals surface area contributed by atoms with Crippen molar-refractivity contribution in [3.05, 3.63) is 57.4 Å². The monoisotopic (exact) mass is 354 g/mol. The van der Waals surface area contributed by atoms with Gasteiger partial charge in [0.15, 0.2) is 0 Å². The Morgan fingerprint density at radius 3 is 2.81 bits per heavy atom. The molecule has 2 aromatic rings. The minimum atomic E-state index is -0.168. The second kappa shape index (κ2) is 7.14. The van der Waals surface area contributed by atoms with E-state index in [1.54, 1.807) is 17.9 Å². The van der Waals surface area contributed by atoms with Gasteiger partial charge in [-0.2, -0.15) is 0 Å². The average Bonchev–Trinajstić information content (AvgIpc) is 3.08. The first-order valence-electron chi connectivity index (χ1n) is 9.73. The minimum absolute atomic E-state index is 0.0826. The lowest BCUT2D eigenvalue weighted by Gasteiger charge is -2.29. The first-order valence-corrected chi connectivity index (χ1v) is 9.73. The van der Waals surface area contributed by atoms with Crippen molar-refractivity contribution in [2.75, 3.05) is 6.54 Å². The maximum absolute atomic E-state index is 13.4. The number of carbonyl (C=O) groups is 1. The van der Waals surface area contributed by atoms with Crippen LogP contribution in [0.4, 0.5) is 0 Å². The number of amides is 1. The van der Waals surface area contributed by atoms with Crippen molar-refractivity contribution in [1.29, 1.82) is 0 Å². The third kappa shape index (κ3) is 3.00. The number of aromatic nitrogens is 1. The first kappa shape index (κ1) is 17.1. The van der Waals surface area contributed by atoms with E-state index in [1.807, 2.05) is 23.1 Å². The number of fused-ring (bicyclic) bond motifs is 1. The molecule has 1 unspecified atom stereocenters. The van der Waals surface area contributed by atoms with Gasteiger partial charge in [-0.3, -0.25) is 9.59 Å². The van der Waals surface area contributed by atoms with Crippen molar-refractivity contribution in [1.82, 2.24) is 9.47 Å². The summed E-state index contributed by atoms with van der Waals surface area (Å²) in [6, 6.07) is 5.58. The molecule has 0 aromatic carbocycles. The SMILES string of the molecule is Cn1c2c(cc(C(=O)N3CCCCCC3c3ccco3)c1=O)CCCC2. The molecule has 2 aromatic heterocycles. The van der Waals surface area contributed by atoms with Gasteiger partial charge in [-0.15, -0.1) is 0 Å². The summed E-state index contributed by atoms with van der Waals surface area (Å²) < 4.78 is 7.31. The Morgan fingerprint density at radius 1 is 1.15 bits per heavy atom. The van der Waals surface area contributed by atoms with Crippen LogP contribution in [0.3, 0.4) is 0 Å². The molecule has 2 aliphatic rings. The molecule has 5 nitrogen and oxygen atoms in total. The van der Waals surface area contributed by atoms with E-state index in [1.165, 1.54) is 0 Å². The molecule has 0 bridgehead atoms. The summed E-state index contributed by atoms with van der Waals surface area (Å²) in [5.41, 5.74) is 2.40. The molecule has 1 aliphatic heterocycles. The van der Waals surface area contributed by atoms with E-state index < -0.39 is 0 Å². The van der Waals surface area contributed by atoms with Crippen molar-refractivity contribution < 1.29 is 9.21 Å². The van der Waals surface area contributed by atoms with Crippen molar-refractivity contribution in [3.63, 3.8) is 0 Å². The van der Waals surface area contributed by atoms with Crippen LogP contribution >= 0.6 is 0 Å². The predicted octanol–water partition coefficient (Wildman–Crippen LogP) is 3.61. The van der Waals surface area contributed by atoms with Crippen LogP contribution in [0.5, 0.6) is 0 Å². The predicted molar refractivity (Wildman–Crippen MR) is 99.3 cm³/mol. The summed E-state index contributed by atoms with van der Waals surface area (Å²) in [6.45, 7) is 0.671. The molecule has 0 saturated carbocycles. The fourth-order valence-electron chi connectivity index (χ4n) is 4.43. The molecule has 26 heavy (non-hydrogen) atoms. The summed E-state index contributed by atoms with van der Waals surface area (Å²) >= 11 is 0. The fraction of sp³-hybridized carbons (Fsp3) is 0.524. The molecule has 0 spiro atoms. The number of hydrogen-bond donors (Lipinski definition) is 0. The highest BCUT2D eigenvalue weighted by Gasteiger charge is 2.31. The number of aryl methyl sites for hydroxylation is 1. The Bertz CT molecular complexity index is 851. The van der Waals surface area contributed by atoms with Crippen LogP contribution in [0.2, 0.25) is 0 Å². The van der Waals surface area contributed by atoms with E-state index in [0.29, 0.717) is 12.1 Å².